The quantitative estimate of drug-likeness (QED) is 0.399. The van der Waals surface area contributed by atoms with Crippen molar-refractivity contribution < 1.29 is 19.2 Å². The first-order chi connectivity index (χ1) is 14.3. The third kappa shape index (κ3) is 7.57. The topological polar surface area (TPSA) is 93.9 Å². The van der Waals surface area contributed by atoms with Crippen LogP contribution in [0, 0.1) is 22.0 Å². The van der Waals surface area contributed by atoms with Gasteiger partial charge in [-0.05, 0) is 36.8 Å². The third-order valence-electron chi connectivity index (χ3n) is 5.07. The summed E-state index contributed by atoms with van der Waals surface area (Å²) in [5.41, 5.74) is 0.760. The number of nitrogens with zero attached hydrogens (tertiary/aromatic N) is 2. The Kier molecular flexibility index (Phi) is 9.52. The molecular formula is C22H35N3O5. The second kappa shape index (κ2) is 11.9. The molecule has 0 aromatic heterocycles. The Balaban J connectivity index is 2.13. The van der Waals surface area contributed by atoms with E-state index in [9.17, 15) is 14.9 Å². The van der Waals surface area contributed by atoms with Crippen LogP contribution >= 0.6 is 0 Å². The lowest BCUT2D eigenvalue weighted by Crippen LogP contribution is -2.34. The van der Waals surface area contributed by atoms with Crippen LogP contribution in [0.2, 0.25) is 0 Å². The van der Waals surface area contributed by atoms with E-state index in [1.54, 1.807) is 12.1 Å². The minimum absolute atomic E-state index is 0.0456. The van der Waals surface area contributed by atoms with Gasteiger partial charge < -0.3 is 19.7 Å². The number of nitro groups is 1. The van der Waals surface area contributed by atoms with Crippen molar-refractivity contribution in [2.75, 3.05) is 38.2 Å². The number of carbonyl (C=O) groups is 1. The Bertz CT molecular complexity index is 690. The summed E-state index contributed by atoms with van der Waals surface area (Å²) < 4.78 is 10.8. The molecule has 168 valence electrons. The predicted molar refractivity (Wildman–Crippen MR) is 117 cm³/mol. The first-order valence-electron chi connectivity index (χ1n) is 10.8. The molecule has 1 heterocycles. The predicted octanol–water partition coefficient (Wildman–Crippen LogP) is 4.30. The molecule has 0 atom stereocenters. The zero-order valence-electron chi connectivity index (χ0n) is 18.6. The summed E-state index contributed by atoms with van der Waals surface area (Å²) in [6, 6.07) is 4.54. The Hall–Kier alpha value is -2.19. The van der Waals surface area contributed by atoms with E-state index in [-0.39, 0.29) is 17.9 Å². The standard InChI is InChI=1S/C22H35N3O5/c1-16(2)8-11-24(12-9-17(3)4)22(26)18-5-6-20(25(27)28)19(15-18)23-10-7-21-29-13-14-30-21/h5-6,15-17,21,23H,7-14H2,1-4H3. The van der Waals surface area contributed by atoms with Gasteiger partial charge in [-0.3, -0.25) is 14.9 Å². The molecule has 1 aromatic rings. The van der Waals surface area contributed by atoms with Crippen molar-refractivity contribution >= 4 is 17.3 Å². The fourth-order valence-electron chi connectivity index (χ4n) is 3.19. The van der Waals surface area contributed by atoms with Crippen LogP contribution in [0.15, 0.2) is 18.2 Å². The van der Waals surface area contributed by atoms with E-state index in [1.807, 2.05) is 4.90 Å². The summed E-state index contributed by atoms with van der Waals surface area (Å²) in [4.78, 5) is 26.0. The number of hydrogen-bond acceptors (Lipinski definition) is 6. The average molecular weight is 422 g/mol. The molecule has 1 amide bonds. The zero-order valence-corrected chi connectivity index (χ0v) is 18.6. The third-order valence-corrected chi connectivity index (χ3v) is 5.07. The molecule has 0 aliphatic carbocycles. The van der Waals surface area contributed by atoms with Crippen LogP contribution in [0.25, 0.3) is 0 Å². The van der Waals surface area contributed by atoms with Crippen molar-refractivity contribution in [3.05, 3.63) is 33.9 Å². The van der Waals surface area contributed by atoms with Crippen molar-refractivity contribution in [1.29, 1.82) is 0 Å². The van der Waals surface area contributed by atoms with E-state index in [0.717, 1.165) is 12.8 Å². The maximum Gasteiger partial charge on any atom is 0.292 e. The van der Waals surface area contributed by atoms with E-state index in [1.165, 1.54) is 6.07 Å². The van der Waals surface area contributed by atoms with Gasteiger partial charge in [-0.1, -0.05) is 27.7 Å². The van der Waals surface area contributed by atoms with Gasteiger partial charge in [0.2, 0.25) is 0 Å². The molecular weight excluding hydrogens is 386 g/mol. The number of carbonyl (C=O) groups excluding carboxylic acids is 1. The second-order valence-corrected chi connectivity index (χ2v) is 8.53. The summed E-state index contributed by atoms with van der Waals surface area (Å²) in [6.45, 7) is 11.5. The molecule has 30 heavy (non-hydrogen) atoms. The van der Waals surface area contributed by atoms with E-state index < -0.39 is 4.92 Å². The van der Waals surface area contributed by atoms with E-state index in [0.29, 0.717) is 62.4 Å². The van der Waals surface area contributed by atoms with Gasteiger partial charge in [-0.15, -0.1) is 0 Å². The smallest absolute Gasteiger partial charge is 0.292 e. The molecule has 1 aromatic carbocycles. The minimum Gasteiger partial charge on any atom is -0.379 e. The Labute approximate surface area is 179 Å². The highest BCUT2D eigenvalue weighted by Crippen LogP contribution is 2.27. The zero-order chi connectivity index (χ0) is 22.1. The molecule has 1 aliphatic rings. The Morgan fingerprint density at radius 3 is 2.30 bits per heavy atom. The molecule has 8 heteroatoms. The maximum atomic E-state index is 13.2. The number of anilines is 1. The number of hydrogen-bond donors (Lipinski definition) is 1. The first-order valence-corrected chi connectivity index (χ1v) is 10.8. The number of ether oxygens (including phenoxy) is 2. The van der Waals surface area contributed by atoms with Gasteiger partial charge in [0.05, 0.1) is 18.1 Å². The number of nitrogens with one attached hydrogen (secondary N) is 1. The molecule has 1 aliphatic heterocycles. The fraction of sp³-hybridized carbons (Fsp3) is 0.682. The van der Waals surface area contributed by atoms with Gasteiger partial charge in [0.15, 0.2) is 6.29 Å². The van der Waals surface area contributed by atoms with Crippen LogP contribution in [0.4, 0.5) is 11.4 Å². The molecule has 0 spiro atoms. The highest BCUT2D eigenvalue weighted by molar-refractivity contribution is 5.96. The van der Waals surface area contributed by atoms with E-state index >= 15 is 0 Å². The molecule has 1 saturated heterocycles. The van der Waals surface area contributed by atoms with E-state index in [4.69, 9.17) is 9.47 Å². The SMILES string of the molecule is CC(C)CCN(CCC(C)C)C(=O)c1ccc([N+](=O)[O-])c(NCCC2OCCO2)c1. The molecule has 2 rings (SSSR count). The number of benzene rings is 1. The van der Waals surface area contributed by atoms with E-state index in [2.05, 4.69) is 33.0 Å². The van der Waals surface area contributed by atoms with Gasteiger partial charge >= 0.3 is 0 Å². The van der Waals surface area contributed by atoms with Crippen molar-refractivity contribution in [2.24, 2.45) is 11.8 Å². The average Bonchev–Trinajstić information content (AvgIpc) is 3.20. The van der Waals surface area contributed by atoms with Gasteiger partial charge in [0, 0.05) is 37.7 Å². The first kappa shape index (κ1) is 24.1. The molecule has 0 unspecified atom stereocenters. The maximum absolute atomic E-state index is 13.2. The number of nitro benzene ring substituents is 1. The lowest BCUT2D eigenvalue weighted by atomic mass is 10.1. The summed E-state index contributed by atoms with van der Waals surface area (Å²) in [5.74, 6) is 0.902. The van der Waals surface area contributed by atoms with Gasteiger partial charge in [-0.25, -0.2) is 0 Å². The van der Waals surface area contributed by atoms with Crippen LogP contribution < -0.4 is 5.32 Å². The van der Waals surface area contributed by atoms with Crippen LogP contribution in [0.3, 0.4) is 0 Å². The summed E-state index contributed by atoms with van der Waals surface area (Å²) >= 11 is 0. The van der Waals surface area contributed by atoms with Crippen molar-refractivity contribution in [1.82, 2.24) is 4.90 Å². The van der Waals surface area contributed by atoms with Crippen molar-refractivity contribution in [2.45, 2.75) is 53.2 Å². The molecule has 8 nitrogen and oxygen atoms in total. The van der Waals surface area contributed by atoms with Crippen LogP contribution in [-0.4, -0.2) is 54.9 Å². The van der Waals surface area contributed by atoms with Crippen molar-refractivity contribution in [3.8, 4) is 0 Å². The van der Waals surface area contributed by atoms with Crippen LogP contribution in [0.5, 0.6) is 0 Å². The second-order valence-electron chi connectivity index (χ2n) is 8.53. The largest absolute Gasteiger partial charge is 0.379 e. The van der Waals surface area contributed by atoms with Crippen LogP contribution in [0.1, 0.15) is 57.3 Å². The summed E-state index contributed by atoms with van der Waals surface area (Å²) in [6.07, 6.45) is 2.13. The minimum atomic E-state index is -0.436. The highest BCUT2D eigenvalue weighted by Gasteiger charge is 2.22. The molecule has 0 saturated carbocycles. The molecule has 0 bridgehead atoms. The molecule has 0 radical (unpaired) electrons. The molecule has 1 fully saturated rings. The lowest BCUT2D eigenvalue weighted by Gasteiger charge is -2.25. The van der Waals surface area contributed by atoms with Crippen LogP contribution in [-0.2, 0) is 9.47 Å². The summed E-state index contributed by atoms with van der Waals surface area (Å²) in [7, 11) is 0. The number of amides is 1. The Morgan fingerprint density at radius 1 is 1.17 bits per heavy atom. The normalized spacial score (nSPS) is 14.5. The fourth-order valence-corrected chi connectivity index (χ4v) is 3.19. The lowest BCUT2D eigenvalue weighted by molar-refractivity contribution is -0.384. The van der Waals surface area contributed by atoms with Gasteiger partial charge in [-0.2, -0.15) is 0 Å². The highest BCUT2D eigenvalue weighted by atomic mass is 16.7. The van der Waals surface area contributed by atoms with Gasteiger partial charge in [0.25, 0.3) is 11.6 Å². The Morgan fingerprint density at radius 2 is 1.77 bits per heavy atom. The molecule has 1 N–H and O–H groups in total. The monoisotopic (exact) mass is 421 g/mol. The summed E-state index contributed by atoms with van der Waals surface area (Å²) in [5, 5.41) is 14.5. The number of rotatable bonds is 12. The van der Waals surface area contributed by atoms with Crippen molar-refractivity contribution in [3.63, 3.8) is 0 Å². The van der Waals surface area contributed by atoms with Gasteiger partial charge in [0.1, 0.15) is 5.69 Å².